The van der Waals surface area contributed by atoms with Crippen LogP contribution in [0.3, 0.4) is 0 Å². The van der Waals surface area contributed by atoms with E-state index in [0.717, 1.165) is 6.20 Å². The van der Waals surface area contributed by atoms with Gasteiger partial charge in [0.2, 0.25) is 0 Å². The average Bonchev–Trinajstić information content (AvgIpc) is 2.26. The summed E-state index contributed by atoms with van der Waals surface area (Å²) < 4.78 is 4.82. The van der Waals surface area contributed by atoms with Crippen molar-refractivity contribution in [3.05, 3.63) is 27.0 Å². The first-order valence-electron chi connectivity index (χ1n) is 4.15. The fourth-order valence-corrected chi connectivity index (χ4v) is 1.43. The number of esters is 1. The lowest BCUT2D eigenvalue weighted by Crippen LogP contribution is -2.16. The predicted molar refractivity (Wildman–Crippen MR) is 59.1 cm³/mol. The second-order valence-corrected chi connectivity index (χ2v) is 3.56. The maximum Gasteiger partial charge on any atom is 0.325 e. The monoisotopic (exact) mass is 289 g/mol. The highest BCUT2D eigenvalue weighted by molar-refractivity contribution is 9.10. The van der Waals surface area contributed by atoms with Gasteiger partial charge < -0.3 is 10.1 Å². The maximum absolute atomic E-state index is 10.9. The molecular formula is C8H8BrN3O4. The SMILES string of the molecule is COC(=O)CNc1c(Br)cncc1[N+](=O)[O-]. The Morgan fingerprint density at radius 3 is 2.94 bits per heavy atom. The van der Waals surface area contributed by atoms with Gasteiger partial charge in [0.05, 0.1) is 16.5 Å². The van der Waals surface area contributed by atoms with Gasteiger partial charge in [-0.3, -0.25) is 19.9 Å². The second kappa shape index (κ2) is 5.40. The van der Waals surface area contributed by atoms with Gasteiger partial charge in [-0.2, -0.15) is 0 Å². The van der Waals surface area contributed by atoms with Gasteiger partial charge in [0, 0.05) is 6.20 Å². The molecule has 0 saturated heterocycles. The topological polar surface area (TPSA) is 94.4 Å². The van der Waals surface area contributed by atoms with E-state index in [1.54, 1.807) is 0 Å². The van der Waals surface area contributed by atoms with Crippen LogP contribution in [0.15, 0.2) is 16.9 Å². The molecule has 1 aromatic rings. The van der Waals surface area contributed by atoms with E-state index in [1.165, 1.54) is 13.3 Å². The van der Waals surface area contributed by atoms with Gasteiger partial charge in [-0.1, -0.05) is 0 Å². The summed E-state index contributed by atoms with van der Waals surface area (Å²) in [6, 6.07) is 0. The van der Waals surface area contributed by atoms with Crippen molar-refractivity contribution in [2.24, 2.45) is 0 Å². The van der Waals surface area contributed by atoms with E-state index in [9.17, 15) is 14.9 Å². The molecule has 0 radical (unpaired) electrons. The molecule has 0 saturated carbocycles. The Kier molecular flexibility index (Phi) is 4.18. The molecule has 1 rings (SSSR count). The van der Waals surface area contributed by atoms with Crippen LogP contribution in [0.5, 0.6) is 0 Å². The van der Waals surface area contributed by atoms with Crippen molar-refractivity contribution >= 4 is 33.3 Å². The van der Waals surface area contributed by atoms with Crippen LogP contribution in [0.4, 0.5) is 11.4 Å². The van der Waals surface area contributed by atoms with Crippen molar-refractivity contribution in [1.82, 2.24) is 4.98 Å². The van der Waals surface area contributed by atoms with Crippen molar-refractivity contribution in [3.63, 3.8) is 0 Å². The molecule has 8 heteroatoms. The molecule has 0 fully saturated rings. The summed E-state index contributed by atoms with van der Waals surface area (Å²) in [5.74, 6) is -0.516. The number of nitrogens with zero attached hydrogens (tertiary/aromatic N) is 2. The Bertz CT molecular complexity index is 424. The molecule has 16 heavy (non-hydrogen) atoms. The lowest BCUT2D eigenvalue weighted by atomic mass is 10.3. The molecule has 0 amide bonds. The summed E-state index contributed by atoms with van der Waals surface area (Å²) in [6.07, 6.45) is 2.50. The standard InChI is InChI=1S/C8H8BrN3O4/c1-16-7(13)4-11-8-5(9)2-10-3-6(8)12(14)15/h2-3H,4H2,1H3,(H,10,11). The van der Waals surface area contributed by atoms with Crippen LogP contribution in [-0.2, 0) is 9.53 Å². The zero-order valence-corrected chi connectivity index (χ0v) is 9.85. The van der Waals surface area contributed by atoms with Crippen molar-refractivity contribution in [1.29, 1.82) is 0 Å². The first-order chi connectivity index (χ1) is 7.56. The molecule has 7 nitrogen and oxygen atoms in total. The summed E-state index contributed by atoms with van der Waals surface area (Å²) in [5, 5.41) is 13.3. The summed E-state index contributed by atoms with van der Waals surface area (Å²) in [6.45, 7) is -0.153. The Balaban J connectivity index is 2.93. The molecule has 1 N–H and O–H groups in total. The Morgan fingerprint density at radius 1 is 1.69 bits per heavy atom. The lowest BCUT2D eigenvalue weighted by molar-refractivity contribution is -0.384. The van der Waals surface area contributed by atoms with E-state index in [2.05, 4.69) is 31.0 Å². The van der Waals surface area contributed by atoms with Gasteiger partial charge in [-0.05, 0) is 15.9 Å². The zero-order chi connectivity index (χ0) is 12.1. The van der Waals surface area contributed by atoms with E-state index in [4.69, 9.17) is 0 Å². The van der Waals surface area contributed by atoms with Gasteiger partial charge in [0.1, 0.15) is 18.4 Å². The number of halogens is 1. The zero-order valence-electron chi connectivity index (χ0n) is 8.27. The third-order valence-electron chi connectivity index (χ3n) is 1.71. The number of ether oxygens (including phenoxy) is 1. The van der Waals surface area contributed by atoms with Gasteiger partial charge in [0.15, 0.2) is 0 Å². The molecule has 0 aliphatic heterocycles. The number of pyridine rings is 1. The van der Waals surface area contributed by atoms with E-state index >= 15 is 0 Å². The minimum absolute atomic E-state index is 0.153. The number of nitrogens with one attached hydrogen (secondary N) is 1. The first kappa shape index (κ1) is 12.4. The van der Waals surface area contributed by atoms with Crippen LogP contribution >= 0.6 is 15.9 Å². The molecule has 0 unspecified atom stereocenters. The highest BCUT2D eigenvalue weighted by Gasteiger charge is 2.17. The number of aromatic nitrogens is 1. The summed E-state index contributed by atoms with van der Waals surface area (Å²) in [7, 11) is 1.24. The summed E-state index contributed by atoms with van der Waals surface area (Å²) in [5.41, 5.74) is -0.0105. The molecular weight excluding hydrogens is 282 g/mol. The maximum atomic E-state index is 10.9. The first-order valence-corrected chi connectivity index (χ1v) is 4.94. The largest absolute Gasteiger partial charge is 0.468 e. The number of hydrogen-bond donors (Lipinski definition) is 1. The lowest BCUT2D eigenvalue weighted by Gasteiger charge is -2.06. The number of nitro groups is 1. The number of methoxy groups -OCH3 is 1. The molecule has 0 atom stereocenters. The van der Waals surface area contributed by atoms with Crippen LogP contribution in [0.2, 0.25) is 0 Å². The van der Waals surface area contributed by atoms with Crippen LogP contribution in [0.25, 0.3) is 0 Å². The van der Waals surface area contributed by atoms with E-state index in [-0.39, 0.29) is 17.9 Å². The number of hydrogen-bond acceptors (Lipinski definition) is 6. The highest BCUT2D eigenvalue weighted by Crippen LogP contribution is 2.30. The quantitative estimate of drug-likeness (QED) is 0.511. The Morgan fingerprint density at radius 2 is 2.38 bits per heavy atom. The van der Waals surface area contributed by atoms with Crippen molar-refractivity contribution < 1.29 is 14.5 Å². The third kappa shape index (κ3) is 2.89. The number of anilines is 1. The van der Waals surface area contributed by atoms with E-state index in [1.807, 2.05) is 0 Å². The number of rotatable bonds is 4. The molecule has 86 valence electrons. The minimum Gasteiger partial charge on any atom is -0.468 e. The van der Waals surface area contributed by atoms with Crippen LogP contribution < -0.4 is 5.32 Å². The molecule has 0 aromatic carbocycles. The predicted octanol–water partition coefficient (Wildman–Crippen LogP) is 1.34. The summed E-state index contributed by atoms with van der Waals surface area (Å²) in [4.78, 5) is 24.7. The fourth-order valence-electron chi connectivity index (χ4n) is 0.971. The minimum atomic E-state index is -0.586. The molecule has 0 aliphatic carbocycles. The van der Waals surface area contributed by atoms with Crippen molar-refractivity contribution in [2.45, 2.75) is 0 Å². The Hall–Kier alpha value is -1.70. The van der Waals surface area contributed by atoms with Gasteiger partial charge >= 0.3 is 11.7 Å². The second-order valence-electron chi connectivity index (χ2n) is 2.70. The fraction of sp³-hybridized carbons (Fsp3) is 0.250. The smallest absolute Gasteiger partial charge is 0.325 e. The van der Waals surface area contributed by atoms with Crippen LogP contribution in [-0.4, -0.2) is 29.5 Å². The van der Waals surface area contributed by atoms with Crippen LogP contribution in [0.1, 0.15) is 0 Å². The molecule has 1 heterocycles. The van der Waals surface area contributed by atoms with E-state index in [0.29, 0.717) is 4.47 Å². The van der Waals surface area contributed by atoms with Crippen LogP contribution in [0, 0.1) is 10.1 Å². The van der Waals surface area contributed by atoms with Crippen molar-refractivity contribution in [2.75, 3.05) is 19.0 Å². The van der Waals surface area contributed by atoms with Crippen molar-refractivity contribution in [3.8, 4) is 0 Å². The number of carbonyl (C=O) groups is 1. The van der Waals surface area contributed by atoms with Gasteiger partial charge in [-0.25, -0.2) is 0 Å². The normalized spacial score (nSPS) is 9.62. The Labute approximate surface area is 99.1 Å². The third-order valence-corrected chi connectivity index (χ3v) is 2.31. The number of carbonyl (C=O) groups excluding carboxylic acids is 1. The highest BCUT2D eigenvalue weighted by atomic mass is 79.9. The van der Waals surface area contributed by atoms with Gasteiger partial charge in [-0.15, -0.1) is 0 Å². The average molecular weight is 290 g/mol. The van der Waals surface area contributed by atoms with E-state index < -0.39 is 10.9 Å². The molecule has 0 aliphatic rings. The molecule has 1 aromatic heterocycles. The van der Waals surface area contributed by atoms with Gasteiger partial charge in [0.25, 0.3) is 0 Å². The molecule has 0 bridgehead atoms. The molecule has 0 spiro atoms. The summed E-state index contributed by atoms with van der Waals surface area (Å²) >= 11 is 3.11.